The fourth-order valence-corrected chi connectivity index (χ4v) is 3.41. The van der Waals surface area contributed by atoms with Crippen LogP contribution in [0.2, 0.25) is 0 Å². The van der Waals surface area contributed by atoms with Crippen molar-refractivity contribution >= 4 is 11.8 Å². The van der Waals surface area contributed by atoms with Crippen molar-refractivity contribution in [3.05, 3.63) is 24.3 Å². The standard InChI is InChI=1S/C18H22N2O4/c21-17(13-4-3-5-13)19-8-10-20(11-9-19)18(22)16-12-23-14-6-1-2-7-15(14)24-16/h1-2,6-7,13,16H,3-5,8-12H2/t16-/m0/s1. The van der Waals surface area contributed by atoms with Gasteiger partial charge in [0.2, 0.25) is 12.0 Å². The van der Waals surface area contributed by atoms with E-state index in [1.807, 2.05) is 29.2 Å². The van der Waals surface area contributed by atoms with Crippen LogP contribution in [0.1, 0.15) is 19.3 Å². The Morgan fingerprint density at radius 3 is 2.17 bits per heavy atom. The maximum Gasteiger partial charge on any atom is 0.267 e. The summed E-state index contributed by atoms with van der Waals surface area (Å²) in [5, 5.41) is 0. The van der Waals surface area contributed by atoms with Crippen molar-refractivity contribution in [3.8, 4) is 11.5 Å². The van der Waals surface area contributed by atoms with Crippen molar-refractivity contribution < 1.29 is 19.1 Å². The monoisotopic (exact) mass is 330 g/mol. The molecule has 4 rings (SSSR count). The summed E-state index contributed by atoms with van der Waals surface area (Å²) in [5.41, 5.74) is 0. The summed E-state index contributed by atoms with van der Waals surface area (Å²) < 4.78 is 11.4. The summed E-state index contributed by atoms with van der Waals surface area (Å²) in [6.07, 6.45) is 2.60. The van der Waals surface area contributed by atoms with Gasteiger partial charge in [-0.05, 0) is 25.0 Å². The zero-order chi connectivity index (χ0) is 16.5. The van der Waals surface area contributed by atoms with Gasteiger partial charge in [0, 0.05) is 32.1 Å². The van der Waals surface area contributed by atoms with Crippen LogP contribution in [0.15, 0.2) is 24.3 Å². The maximum absolute atomic E-state index is 12.7. The van der Waals surface area contributed by atoms with Gasteiger partial charge in [-0.25, -0.2) is 0 Å². The van der Waals surface area contributed by atoms with Gasteiger partial charge in [0.25, 0.3) is 5.91 Å². The van der Waals surface area contributed by atoms with Crippen LogP contribution in [0.3, 0.4) is 0 Å². The predicted molar refractivity (Wildman–Crippen MR) is 86.9 cm³/mol. The average Bonchev–Trinajstić information content (AvgIpc) is 2.59. The Labute approximate surface area is 141 Å². The fourth-order valence-electron chi connectivity index (χ4n) is 3.41. The third kappa shape index (κ3) is 2.81. The summed E-state index contributed by atoms with van der Waals surface area (Å²) in [6, 6.07) is 7.38. The van der Waals surface area contributed by atoms with Gasteiger partial charge < -0.3 is 19.3 Å². The molecule has 0 spiro atoms. The molecule has 1 atom stereocenters. The molecule has 1 saturated heterocycles. The Morgan fingerprint density at radius 2 is 1.54 bits per heavy atom. The largest absolute Gasteiger partial charge is 0.485 e. The Morgan fingerprint density at radius 1 is 0.917 bits per heavy atom. The first kappa shape index (κ1) is 15.3. The highest BCUT2D eigenvalue weighted by Gasteiger charge is 2.35. The summed E-state index contributed by atoms with van der Waals surface area (Å²) in [5.74, 6) is 1.72. The Kier molecular flexibility index (Phi) is 4.04. The molecule has 1 aromatic rings. The lowest BCUT2D eigenvalue weighted by molar-refractivity contribution is -0.148. The second-order valence-corrected chi connectivity index (χ2v) is 6.64. The molecule has 1 saturated carbocycles. The van der Waals surface area contributed by atoms with Gasteiger partial charge in [0.1, 0.15) is 6.61 Å². The van der Waals surface area contributed by atoms with Crippen molar-refractivity contribution in [2.45, 2.75) is 25.4 Å². The molecule has 1 aromatic carbocycles. The van der Waals surface area contributed by atoms with E-state index in [0.717, 1.165) is 19.3 Å². The van der Waals surface area contributed by atoms with E-state index in [0.29, 0.717) is 37.7 Å². The number of carbonyl (C=O) groups is 2. The van der Waals surface area contributed by atoms with E-state index in [-0.39, 0.29) is 24.3 Å². The third-order valence-electron chi connectivity index (χ3n) is 5.14. The molecule has 2 amide bonds. The molecule has 6 nitrogen and oxygen atoms in total. The molecule has 2 fully saturated rings. The van der Waals surface area contributed by atoms with Gasteiger partial charge in [0.05, 0.1) is 0 Å². The van der Waals surface area contributed by atoms with E-state index < -0.39 is 6.10 Å². The number of piperazine rings is 1. The van der Waals surface area contributed by atoms with Crippen LogP contribution in [0.25, 0.3) is 0 Å². The van der Waals surface area contributed by atoms with Crippen LogP contribution in [-0.4, -0.2) is 60.5 Å². The lowest BCUT2D eigenvalue weighted by Crippen LogP contribution is -2.56. The van der Waals surface area contributed by atoms with E-state index in [4.69, 9.17) is 9.47 Å². The van der Waals surface area contributed by atoms with Crippen LogP contribution in [0.5, 0.6) is 11.5 Å². The molecule has 2 heterocycles. The zero-order valence-corrected chi connectivity index (χ0v) is 13.6. The Balaban J connectivity index is 1.33. The van der Waals surface area contributed by atoms with Crippen LogP contribution in [0, 0.1) is 5.92 Å². The summed E-state index contributed by atoms with van der Waals surface area (Å²) >= 11 is 0. The number of rotatable bonds is 2. The topological polar surface area (TPSA) is 59.1 Å². The summed E-state index contributed by atoms with van der Waals surface area (Å²) in [7, 11) is 0. The molecule has 0 radical (unpaired) electrons. The lowest BCUT2D eigenvalue weighted by atomic mass is 9.84. The molecule has 1 aliphatic carbocycles. The lowest BCUT2D eigenvalue weighted by Gasteiger charge is -2.39. The van der Waals surface area contributed by atoms with Crippen molar-refractivity contribution in [2.24, 2.45) is 5.92 Å². The van der Waals surface area contributed by atoms with Crippen LogP contribution in [0.4, 0.5) is 0 Å². The third-order valence-corrected chi connectivity index (χ3v) is 5.14. The van der Waals surface area contributed by atoms with Gasteiger partial charge in [-0.15, -0.1) is 0 Å². The van der Waals surface area contributed by atoms with Gasteiger partial charge >= 0.3 is 0 Å². The number of fused-ring (bicyclic) bond motifs is 1. The molecular weight excluding hydrogens is 308 g/mol. The Bertz CT molecular complexity index is 636. The Hall–Kier alpha value is -2.24. The fraction of sp³-hybridized carbons (Fsp3) is 0.556. The normalized spacial score (nSPS) is 23.6. The highest BCUT2D eigenvalue weighted by atomic mass is 16.6. The number of carbonyl (C=O) groups excluding carboxylic acids is 2. The van der Waals surface area contributed by atoms with Crippen LogP contribution in [-0.2, 0) is 9.59 Å². The number of amides is 2. The van der Waals surface area contributed by atoms with E-state index in [9.17, 15) is 9.59 Å². The quantitative estimate of drug-likeness (QED) is 0.820. The van der Waals surface area contributed by atoms with Crippen molar-refractivity contribution in [1.29, 1.82) is 0 Å². The minimum Gasteiger partial charge on any atom is -0.485 e. The predicted octanol–water partition coefficient (Wildman–Crippen LogP) is 1.30. The number of benzene rings is 1. The molecule has 0 N–H and O–H groups in total. The van der Waals surface area contributed by atoms with Crippen molar-refractivity contribution in [1.82, 2.24) is 9.80 Å². The van der Waals surface area contributed by atoms with Gasteiger partial charge in [-0.2, -0.15) is 0 Å². The highest BCUT2D eigenvalue weighted by molar-refractivity contribution is 5.83. The summed E-state index contributed by atoms with van der Waals surface area (Å²) in [4.78, 5) is 28.6. The van der Waals surface area contributed by atoms with Gasteiger partial charge in [-0.3, -0.25) is 9.59 Å². The summed E-state index contributed by atoms with van der Waals surface area (Å²) in [6.45, 7) is 2.60. The molecule has 6 heteroatoms. The second kappa shape index (κ2) is 6.34. The van der Waals surface area contributed by atoms with Crippen molar-refractivity contribution in [3.63, 3.8) is 0 Å². The number of ether oxygens (including phenoxy) is 2. The first-order chi connectivity index (χ1) is 11.7. The smallest absolute Gasteiger partial charge is 0.267 e. The van der Waals surface area contributed by atoms with Crippen LogP contribution < -0.4 is 9.47 Å². The number of hydrogen-bond acceptors (Lipinski definition) is 4. The van der Waals surface area contributed by atoms with Gasteiger partial charge in [0.15, 0.2) is 11.5 Å². The molecule has 24 heavy (non-hydrogen) atoms. The van der Waals surface area contributed by atoms with Gasteiger partial charge in [-0.1, -0.05) is 18.6 Å². The zero-order valence-electron chi connectivity index (χ0n) is 13.6. The van der Waals surface area contributed by atoms with E-state index in [1.54, 1.807) is 4.90 Å². The molecule has 0 aromatic heterocycles. The SMILES string of the molecule is O=C(C1CCC1)N1CCN(C(=O)[C@@H]2COc3ccccc3O2)CC1. The minimum absolute atomic E-state index is 0.0553. The molecular formula is C18H22N2O4. The number of nitrogens with zero attached hydrogens (tertiary/aromatic N) is 2. The van der Waals surface area contributed by atoms with E-state index in [2.05, 4.69) is 0 Å². The minimum atomic E-state index is -0.603. The van der Waals surface area contributed by atoms with Crippen LogP contribution >= 0.6 is 0 Å². The maximum atomic E-state index is 12.7. The first-order valence-electron chi connectivity index (χ1n) is 8.68. The second-order valence-electron chi connectivity index (χ2n) is 6.64. The molecule has 2 aliphatic heterocycles. The van der Waals surface area contributed by atoms with E-state index in [1.165, 1.54) is 0 Å². The number of hydrogen-bond donors (Lipinski definition) is 0. The molecule has 3 aliphatic rings. The molecule has 128 valence electrons. The van der Waals surface area contributed by atoms with Crippen molar-refractivity contribution in [2.75, 3.05) is 32.8 Å². The molecule has 0 bridgehead atoms. The average molecular weight is 330 g/mol. The van der Waals surface area contributed by atoms with E-state index >= 15 is 0 Å². The number of para-hydroxylation sites is 2. The first-order valence-corrected chi connectivity index (χ1v) is 8.68. The highest BCUT2D eigenvalue weighted by Crippen LogP contribution is 2.31. The molecule has 0 unspecified atom stereocenters.